The van der Waals surface area contributed by atoms with Gasteiger partial charge in [0.1, 0.15) is 4.21 Å². The zero-order valence-electron chi connectivity index (χ0n) is 12.7. The Morgan fingerprint density at radius 1 is 1.52 bits per heavy atom. The van der Waals surface area contributed by atoms with Crippen LogP contribution in [0.4, 0.5) is 0 Å². The molecule has 0 radical (unpaired) electrons. The molecule has 5 nitrogen and oxygen atoms in total. The summed E-state index contributed by atoms with van der Waals surface area (Å²) in [5.74, 6) is 0.381. The lowest BCUT2D eigenvalue weighted by atomic mass is 9.98. The van der Waals surface area contributed by atoms with Crippen LogP contribution in [-0.2, 0) is 14.8 Å². The highest BCUT2D eigenvalue weighted by Crippen LogP contribution is 2.20. The second-order valence-electron chi connectivity index (χ2n) is 5.60. The topological polar surface area (TPSA) is 58.6 Å². The first kappa shape index (κ1) is 16.9. The summed E-state index contributed by atoms with van der Waals surface area (Å²) < 4.78 is 32.7. The highest BCUT2D eigenvalue weighted by atomic mass is 32.2. The molecule has 7 heteroatoms. The van der Waals surface area contributed by atoms with E-state index in [0.717, 1.165) is 44.6 Å². The standard InChI is InChI=1S/C14H24N2O3S2/c1-12-8-14(20-11-12)21(17,18)15-9-13-4-3-5-16(10-13)6-7-19-2/h8,11,13,15H,3-7,9-10H2,1-2H3/t13-/m1/s1. The van der Waals surface area contributed by atoms with Gasteiger partial charge in [0, 0.05) is 26.7 Å². The van der Waals surface area contributed by atoms with Gasteiger partial charge in [0.05, 0.1) is 6.61 Å². The molecule has 1 atom stereocenters. The molecule has 0 aliphatic carbocycles. The normalized spacial score (nSPS) is 20.8. The Labute approximate surface area is 131 Å². The van der Waals surface area contributed by atoms with Gasteiger partial charge in [-0.15, -0.1) is 11.3 Å². The highest BCUT2D eigenvalue weighted by molar-refractivity contribution is 7.91. The molecule has 1 aliphatic heterocycles. The SMILES string of the molecule is COCCN1CCC[C@H](CNS(=O)(=O)c2cc(C)cs2)C1. The summed E-state index contributed by atoms with van der Waals surface area (Å²) >= 11 is 1.28. The van der Waals surface area contributed by atoms with Crippen molar-refractivity contribution in [1.29, 1.82) is 0 Å². The van der Waals surface area contributed by atoms with Gasteiger partial charge in [0.25, 0.3) is 0 Å². The number of likely N-dealkylation sites (tertiary alicyclic amines) is 1. The van der Waals surface area contributed by atoms with E-state index in [1.807, 2.05) is 12.3 Å². The molecule has 1 aromatic rings. The van der Waals surface area contributed by atoms with E-state index in [1.54, 1.807) is 13.2 Å². The fraction of sp³-hybridized carbons (Fsp3) is 0.714. The zero-order chi connectivity index (χ0) is 15.3. The van der Waals surface area contributed by atoms with Crippen molar-refractivity contribution < 1.29 is 13.2 Å². The van der Waals surface area contributed by atoms with Gasteiger partial charge in [-0.1, -0.05) is 0 Å². The van der Waals surface area contributed by atoms with Crippen LogP contribution in [0.25, 0.3) is 0 Å². The Kier molecular flexibility index (Phi) is 6.19. The lowest BCUT2D eigenvalue weighted by molar-refractivity contribution is 0.115. The maximum Gasteiger partial charge on any atom is 0.250 e. The average Bonchev–Trinajstić information content (AvgIpc) is 2.91. The van der Waals surface area contributed by atoms with Crippen LogP contribution >= 0.6 is 11.3 Å². The number of rotatable bonds is 7. The molecule has 2 heterocycles. The molecule has 0 bridgehead atoms. The molecule has 120 valence electrons. The maximum atomic E-state index is 12.2. The van der Waals surface area contributed by atoms with Crippen LogP contribution in [0.2, 0.25) is 0 Å². The molecular formula is C14H24N2O3S2. The average molecular weight is 332 g/mol. The van der Waals surface area contributed by atoms with Crippen LogP contribution in [-0.4, -0.2) is 53.2 Å². The number of nitrogens with zero attached hydrogens (tertiary/aromatic N) is 1. The number of thiophene rings is 1. The minimum Gasteiger partial charge on any atom is -0.383 e. The van der Waals surface area contributed by atoms with Gasteiger partial charge in [-0.05, 0) is 49.2 Å². The van der Waals surface area contributed by atoms with Crippen molar-refractivity contribution in [2.24, 2.45) is 5.92 Å². The molecule has 0 aromatic carbocycles. The number of hydrogen-bond acceptors (Lipinski definition) is 5. The second-order valence-corrected chi connectivity index (χ2v) is 8.50. The van der Waals surface area contributed by atoms with Gasteiger partial charge in [0.2, 0.25) is 10.0 Å². The first-order valence-corrected chi connectivity index (χ1v) is 9.63. The lowest BCUT2D eigenvalue weighted by Gasteiger charge is -2.32. The van der Waals surface area contributed by atoms with Gasteiger partial charge in [0.15, 0.2) is 0 Å². The van der Waals surface area contributed by atoms with E-state index < -0.39 is 10.0 Å². The molecule has 0 spiro atoms. The first-order valence-electron chi connectivity index (χ1n) is 7.27. The summed E-state index contributed by atoms with van der Waals surface area (Å²) in [5.41, 5.74) is 0.990. The van der Waals surface area contributed by atoms with Crippen molar-refractivity contribution in [2.75, 3.05) is 39.9 Å². The smallest absolute Gasteiger partial charge is 0.250 e. The third kappa shape index (κ3) is 5.03. The number of nitrogens with one attached hydrogen (secondary N) is 1. The summed E-state index contributed by atoms with van der Waals surface area (Å²) in [6.45, 7) is 6.09. The largest absolute Gasteiger partial charge is 0.383 e. The molecule has 0 saturated carbocycles. The molecule has 1 fully saturated rings. The fourth-order valence-electron chi connectivity index (χ4n) is 2.59. The minimum atomic E-state index is -3.35. The van der Waals surface area contributed by atoms with E-state index in [9.17, 15) is 8.42 Å². The van der Waals surface area contributed by atoms with Gasteiger partial charge >= 0.3 is 0 Å². The number of aryl methyl sites for hydroxylation is 1. The molecule has 0 amide bonds. The molecule has 21 heavy (non-hydrogen) atoms. The van der Waals surface area contributed by atoms with E-state index in [4.69, 9.17) is 4.74 Å². The quantitative estimate of drug-likeness (QED) is 0.825. The van der Waals surface area contributed by atoms with Crippen LogP contribution in [0.3, 0.4) is 0 Å². The number of sulfonamides is 1. The molecule has 1 aliphatic rings. The number of methoxy groups -OCH3 is 1. The van der Waals surface area contributed by atoms with Gasteiger partial charge in [-0.25, -0.2) is 13.1 Å². The fourth-order valence-corrected chi connectivity index (χ4v) is 4.98. The Morgan fingerprint density at radius 2 is 2.33 bits per heavy atom. The molecular weight excluding hydrogens is 308 g/mol. The molecule has 1 saturated heterocycles. The van der Waals surface area contributed by atoms with Crippen molar-refractivity contribution in [1.82, 2.24) is 9.62 Å². The van der Waals surface area contributed by atoms with Crippen LogP contribution in [0.5, 0.6) is 0 Å². The summed E-state index contributed by atoms with van der Waals surface area (Å²) in [7, 11) is -1.64. The van der Waals surface area contributed by atoms with Crippen LogP contribution in [0.15, 0.2) is 15.7 Å². The summed E-state index contributed by atoms with van der Waals surface area (Å²) in [6.07, 6.45) is 2.20. The Balaban J connectivity index is 1.84. The molecule has 0 unspecified atom stereocenters. The number of hydrogen-bond donors (Lipinski definition) is 1. The Bertz CT molecular complexity index is 542. The van der Waals surface area contributed by atoms with E-state index in [-0.39, 0.29) is 0 Å². The number of ether oxygens (including phenoxy) is 1. The number of piperidine rings is 1. The molecule has 1 N–H and O–H groups in total. The predicted octanol–water partition coefficient (Wildman–Crippen LogP) is 1.69. The van der Waals surface area contributed by atoms with E-state index in [2.05, 4.69) is 9.62 Å². The summed E-state index contributed by atoms with van der Waals surface area (Å²) in [6, 6.07) is 1.72. The Hall–Kier alpha value is -0.470. The van der Waals surface area contributed by atoms with Crippen LogP contribution < -0.4 is 4.72 Å². The van der Waals surface area contributed by atoms with E-state index >= 15 is 0 Å². The van der Waals surface area contributed by atoms with E-state index in [1.165, 1.54) is 11.3 Å². The zero-order valence-corrected chi connectivity index (χ0v) is 14.3. The Morgan fingerprint density at radius 3 is 3.00 bits per heavy atom. The third-order valence-corrected chi connectivity index (χ3v) is 6.73. The van der Waals surface area contributed by atoms with Gasteiger partial charge < -0.3 is 9.64 Å². The molecule has 1 aromatic heterocycles. The predicted molar refractivity (Wildman–Crippen MR) is 85.3 cm³/mol. The second kappa shape index (κ2) is 7.69. The van der Waals surface area contributed by atoms with Crippen molar-refractivity contribution in [2.45, 2.75) is 24.0 Å². The third-order valence-electron chi connectivity index (χ3n) is 3.75. The first-order chi connectivity index (χ1) is 10.0. The van der Waals surface area contributed by atoms with Crippen molar-refractivity contribution >= 4 is 21.4 Å². The monoisotopic (exact) mass is 332 g/mol. The summed E-state index contributed by atoms with van der Waals surface area (Å²) in [4.78, 5) is 2.35. The van der Waals surface area contributed by atoms with Crippen LogP contribution in [0, 0.1) is 12.8 Å². The molecule has 2 rings (SSSR count). The lowest BCUT2D eigenvalue weighted by Crippen LogP contribution is -2.42. The summed E-state index contributed by atoms with van der Waals surface area (Å²) in [5, 5.41) is 1.86. The highest BCUT2D eigenvalue weighted by Gasteiger charge is 2.22. The van der Waals surface area contributed by atoms with Crippen molar-refractivity contribution in [3.63, 3.8) is 0 Å². The van der Waals surface area contributed by atoms with Crippen LogP contribution in [0.1, 0.15) is 18.4 Å². The van der Waals surface area contributed by atoms with Crippen molar-refractivity contribution in [3.05, 3.63) is 17.0 Å². The van der Waals surface area contributed by atoms with Gasteiger partial charge in [-0.2, -0.15) is 0 Å². The van der Waals surface area contributed by atoms with E-state index in [0.29, 0.717) is 16.7 Å². The van der Waals surface area contributed by atoms with Crippen molar-refractivity contribution in [3.8, 4) is 0 Å². The maximum absolute atomic E-state index is 12.2. The minimum absolute atomic E-state index is 0.381. The van der Waals surface area contributed by atoms with Gasteiger partial charge in [-0.3, -0.25) is 0 Å².